The molecular weight excluding hydrogens is 230 g/mol. The first-order chi connectivity index (χ1) is 9.33. The van der Waals surface area contributed by atoms with Gasteiger partial charge in [-0.15, -0.1) is 0 Å². The monoisotopic (exact) mass is 255 g/mol. The zero-order valence-corrected chi connectivity index (χ0v) is 12.0. The second kappa shape index (κ2) is 5.92. The Labute approximate surface area is 117 Å². The van der Waals surface area contributed by atoms with Crippen molar-refractivity contribution in [2.75, 3.05) is 6.54 Å². The van der Waals surface area contributed by atoms with Crippen LogP contribution in [0.1, 0.15) is 49.7 Å². The molecule has 0 aromatic heterocycles. The SMILES string of the molecule is Cc1cccc(CCC2NCCC3=C2CCCC3)c1. The van der Waals surface area contributed by atoms with E-state index in [1.165, 1.54) is 62.6 Å². The van der Waals surface area contributed by atoms with Gasteiger partial charge in [-0.05, 0) is 64.0 Å². The van der Waals surface area contributed by atoms with Crippen molar-refractivity contribution >= 4 is 0 Å². The molecule has 1 aromatic carbocycles. The summed E-state index contributed by atoms with van der Waals surface area (Å²) in [5, 5.41) is 3.75. The highest BCUT2D eigenvalue weighted by Crippen LogP contribution is 2.32. The molecule has 1 unspecified atom stereocenters. The molecule has 0 amide bonds. The molecule has 0 saturated heterocycles. The Morgan fingerprint density at radius 2 is 2.05 bits per heavy atom. The molecule has 1 heterocycles. The molecular formula is C18H25N. The van der Waals surface area contributed by atoms with Gasteiger partial charge in [-0.25, -0.2) is 0 Å². The first kappa shape index (κ1) is 12.9. The van der Waals surface area contributed by atoms with E-state index in [0.29, 0.717) is 6.04 Å². The van der Waals surface area contributed by atoms with Gasteiger partial charge in [0.2, 0.25) is 0 Å². The van der Waals surface area contributed by atoms with Gasteiger partial charge in [0.05, 0.1) is 0 Å². The molecule has 1 aliphatic carbocycles. The van der Waals surface area contributed by atoms with E-state index in [0.717, 1.165) is 0 Å². The average molecular weight is 255 g/mol. The molecule has 1 heteroatoms. The standard InChI is InChI=1S/C18H25N/c1-14-5-4-6-15(13-14)9-10-18-17-8-3-2-7-16(17)11-12-19-18/h4-6,13,18-19H,2-3,7-12H2,1H3. The lowest BCUT2D eigenvalue weighted by molar-refractivity contribution is 0.457. The summed E-state index contributed by atoms with van der Waals surface area (Å²) in [7, 11) is 0. The Hall–Kier alpha value is -1.08. The minimum absolute atomic E-state index is 0.657. The summed E-state index contributed by atoms with van der Waals surface area (Å²) in [5.74, 6) is 0. The van der Waals surface area contributed by atoms with Crippen molar-refractivity contribution in [2.45, 2.75) is 57.9 Å². The third-order valence-corrected chi connectivity index (χ3v) is 4.67. The second-order valence-electron chi connectivity index (χ2n) is 6.12. The average Bonchev–Trinajstić information content (AvgIpc) is 2.45. The van der Waals surface area contributed by atoms with Crippen molar-refractivity contribution in [1.29, 1.82) is 0 Å². The summed E-state index contributed by atoms with van der Waals surface area (Å²) >= 11 is 0. The molecule has 1 nitrogen and oxygen atoms in total. The first-order valence-corrected chi connectivity index (χ1v) is 7.82. The number of nitrogens with one attached hydrogen (secondary N) is 1. The molecule has 0 fully saturated rings. The zero-order chi connectivity index (χ0) is 13.1. The van der Waals surface area contributed by atoms with Crippen molar-refractivity contribution in [2.24, 2.45) is 0 Å². The van der Waals surface area contributed by atoms with Gasteiger partial charge < -0.3 is 5.32 Å². The lowest BCUT2D eigenvalue weighted by Crippen LogP contribution is -2.37. The van der Waals surface area contributed by atoms with Crippen LogP contribution in [0.2, 0.25) is 0 Å². The van der Waals surface area contributed by atoms with Crippen LogP contribution < -0.4 is 5.32 Å². The van der Waals surface area contributed by atoms with E-state index in [-0.39, 0.29) is 0 Å². The summed E-state index contributed by atoms with van der Waals surface area (Å²) in [4.78, 5) is 0. The highest BCUT2D eigenvalue weighted by Gasteiger charge is 2.23. The minimum Gasteiger partial charge on any atom is -0.310 e. The van der Waals surface area contributed by atoms with Gasteiger partial charge >= 0.3 is 0 Å². The summed E-state index contributed by atoms with van der Waals surface area (Å²) < 4.78 is 0. The van der Waals surface area contributed by atoms with Crippen LogP contribution in [0, 0.1) is 6.92 Å². The molecule has 1 atom stereocenters. The van der Waals surface area contributed by atoms with Crippen LogP contribution in [0.25, 0.3) is 0 Å². The summed E-state index contributed by atoms with van der Waals surface area (Å²) in [6.45, 7) is 3.38. The molecule has 0 spiro atoms. The maximum absolute atomic E-state index is 3.75. The minimum atomic E-state index is 0.657. The van der Waals surface area contributed by atoms with E-state index < -0.39 is 0 Å². The maximum atomic E-state index is 3.75. The zero-order valence-electron chi connectivity index (χ0n) is 12.0. The second-order valence-corrected chi connectivity index (χ2v) is 6.12. The number of hydrogen-bond acceptors (Lipinski definition) is 1. The Morgan fingerprint density at radius 1 is 1.16 bits per heavy atom. The Kier molecular flexibility index (Phi) is 4.03. The van der Waals surface area contributed by atoms with Gasteiger partial charge in [-0.3, -0.25) is 0 Å². The van der Waals surface area contributed by atoms with Crippen molar-refractivity contribution in [3.63, 3.8) is 0 Å². The van der Waals surface area contributed by atoms with Crippen LogP contribution in [-0.2, 0) is 6.42 Å². The number of benzene rings is 1. The topological polar surface area (TPSA) is 12.0 Å². The molecule has 0 radical (unpaired) electrons. The summed E-state index contributed by atoms with van der Waals surface area (Å²) in [6.07, 6.45) is 9.32. The molecule has 0 bridgehead atoms. The molecule has 3 rings (SSSR count). The predicted molar refractivity (Wildman–Crippen MR) is 81.4 cm³/mol. The number of aryl methyl sites for hydroxylation is 2. The van der Waals surface area contributed by atoms with Crippen LogP contribution in [0.15, 0.2) is 35.4 Å². The van der Waals surface area contributed by atoms with Gasteiger partial charge in [0.25, 0.3) is 0 Å². The van der Waals surface area contributed by atoms with Crippen LogP contribution in [0.5, 0.6) is 0 Å². The lowest BCUT2D eigenvalue weighted by Gasteiger charge is -2.33. The van der Waals surface area contributed by atoms with Gasteiger partial charge in [-0.2, -0.15) is 0 Å². The smallest absolute Gasteiger partial charge is 0.0285 e. The normalized spacial score (nSPS) is 23.3. The van der Waals surface area contributed by atoms with Gasteiger partial charge in [-0.1, -0.05) is 41.0 Å². The largest absolute Gasteiger partial charge is 0.310 e. The summed E-state index contributed by atoms with van der Waals surface area (Å²) in [6, 6.07) is 9.63. The Balaban J connectivity index is 1.66. The Bertz CT molecular complexity index is 468. The molecule has 102 valence electrons. The van der Waals surface area contributed by atoms with E-state index in [4.69, 9.17) is 0 Å². The number of hydrogen-bond donors (Lipinski definition) is 1. The molecule has 1 N–H and O–H groups in total. The van der Waals surface area contributed by atoms with Gasteiger partial charge in [0.1, 0.15) is 0 Å². The highest BCUT2D eigenvalue weighted by molar-refractivity contribution is 5.27. The molecule has 1 aliphatic heterocycles. The van der Waals surface area contributed by atoms with E-state index in [2.05, 4.69) is 36.5 Å². The third-order valence-electron chi connectivity index (χ3n) is 4.67. The van der Waals surface area contributed by atoms with E-state index in [9.17, 15) is 0 Å². The maximum Gasteiger partial charge on any atom is 0.0285 e. The van der Waals surface area contributed by atoms with E-state index in [1.807, 2.05) is 0 Å². The van der Waals surface area contributed by atoms with E-state index >= 15 is 0 Å². The molecule has 0 saturated carbocycles. The fourth-order valence-electron chi connectivity index (χ4n) is 3.67. The highest BCUT2D eigenvalue weighted by atomic mass is 14.9. The van der Waals surface area contributed by atoms with Crippen LogP contribution in [-0.4, -0.2) is 12.6 Å². The van der Waals surface area contributed by atoms with Crippen molar-refractivity contribution in [3.8, 4) is 0 Å². The quantitative estimate of drug-likeness (QED) is 0.800. The number of rotatable bonds is 3. The van der Waals surface area contributed by atoms with Crippen molar-refractivity contribution in [1.82, 2.24) is 5.32 Å². The van der Waals surface area contributed by atoms with Gasteiger partial charge in [0.15, 0.2) is 0 Å². The van der Waals surface area contributed by atoms with Crippen LogP contribution in [0.4, 0.5) is 0 Å². The third kappa shape index (κ3) is 3.09. The molecule has 1 aromatic rings. The lowest BCUT2D eigenvalue weighted by atomic mass is 9.82. The van der Waals surface area contributed by atoms with Crippen molar-refractivity contribution in [3.05, 3.63) is 46.5 Å². The van der Waals surface area contributed by atoms with Gasteiger partial charge in [0, 0.05) is 6.04 Å². The molecule has 19 heavy (non-hydrogen) atoms. The van der Waals surface area contributed by atoms with Crippen molar-refractivity contribution < 1.29 is 0 Å². The van der Waals surface area contributed by atoms with Crippen LogP contribution in [0.3, 0.4) is 0 Å². The van der Waals surface area contributed by atoms with Crippen LogP contribution >= 0.6 is 0 Å². The Morgan fingerprint density at radius 3 is 2.95 bits per heavy atom. The summed E-state index contributed by atoms with van der Waals surface area (Å²) in [5.41, 5.74) is 6.43. The van der Waals surface area contributed by atoms with E-state index in [1.54, 1.807) is 11.1 Å². The fourth-order valence-corrected chi connectivity index (χ4v) is 3.67. The predicted octanol–water partition coefficient (Wildman–Crippen LogP) is 4.16. The fraction of sp³-hybridized carbons (Fsp3) is 0.556. The molecule has 2 aliphatic rings. The first-order valence-electron chi connectivity index (χ1n) is 7.82.